The molecule has 30 heavy (non-hydrogen) atoms. The van der Waals surface area contributed by atoms with Crippen molar-refractivity contribution in [2.75, 3.05) is 18.5 Å². The number of nitrogens with zero attached hydrogens (tertiary/aromatic N) is 2. The first-order chi connectivity index (χ1) is 14.4. The van der Waals surface area contributed by atoms with Gasteiger partial charge in [-0.25, -0.2) is 9.59 Å². The molecule has 0 bridgehead atoms. The van der Waals surface area contributed by atoms with E-state index in [0.29, 0.717) is 23.5 Å². The number of anilines is 1. The van der Waals surface area contributed by atoms with Crippen LogP contribution in [0.3, 0.4) is 0 Å². The van der Waals surface area contributed by atoms with E-state index in [1.54, 1.807) is 49.6 Å². The predicted molar refractivity (Wildman–Crippen MR) is 117 cm³/mol. The molecule has 0 radical (unpaired) electrons. The Morgan fingerprint density at radius 3 is 2.50 bits per heavy atom. The van der Waals surface area contributed by atoms with Gasteiger partial charge in [0.2, 0.25) is 5.83 Å². The third kappa shape index (κ3) is 6.99. The molecular weight excluding hydrogens is 385 g/mol. The van der Waals surface area contributed by atoms with E-state index >= 15 is 0 Å². The molecular formula is C23H28FN3O3. The van der Waals surface area contributed by atoms with Crippen LogP contribution in [0.2, 0.25) is 0 Å². The third-order valence-corrected chi connectivity index (χ3v) is 4.70. The third-order valence-electron chi connectivity index (χ3n) is 4.70. The van der Waals surface area contributed by atoms with E-state index in [1.165, 1.54) is 24.2 Å². The summed E-state index contributed by atoms with van der Waals surface area (Å²) in [6, 6.07) is 10.1. The maximum Gasteiger partial charge on any atom is 0.364 e. The predicted octanol–water partition coefficient (Wildman–Crippen LogP) is 5.26. The number of hydrogen-bond acceptors (Lipinski definition) is 3. The Morgan fingerprint density at radius 2 is 1.83 bits per heavy atom. The molecule has 0 aliphatic rings. The number of rotatable bonds is 10. The molecule has 160 valence electrons. The summed E-state index contributed by atoms with van der Waals surface area (Å²) in [4.78, 5) is 28.8. The van der Waals surface area contributed by atoms with Gasteiger partial charge in [-0.2, -0.15) is 4.39 Å². The average molecular weight is 413 g/mol. The number of aliphatic carboxylic acids is 1. The van der Waals surface area contributed by atoms with Gasteiger partial charge in [-0.15, -0.1) is 0 Å². The minimum atomic E-state index is -1.60. The fraction of sp³-hybridized carbons (Fsp3) is 0.348. The fourth-order valence-corrected chi connectivity index (χ4v) is 2.90. The minimum absolute atomic E-state index is 0.174. The number of carboxylic acid groups (broad SMARTS) is 1. The highest BCUT2D eigenvalue weighted by molar-refractivity contribution is 5.92. The number of carbonyl (C=O) groups excluding carboxylic acids is 1. The van der Waals surface area contributed by atoms with Crippen molar-refractivity contribution >= 4 is 23.8 Å². The van der Waals surface area contributed by atoms with E-state index in [1.807, 2.05) is 0 Å². The monoisotopic (exact) mass is 413 g/mol. The first-order valence-electron chi connectivity index (χ1n) is 10.1. The van der Waals surface area contributed by atoms with Gasteiger partial charge in [-0.1, -0.05) is 56.9 Å². The maximum atomic E-state index is 13.2. The molecule has 0 saturated carbocycles. The largest absolute Gasteiger partial charge is 0.476 e. The second-order valence-corrected chi connectivity index (χ2v) is 7.02. The highest BCUT2D eigenvalue weighted by Crippen LogP contribution is 2.23. The van der Waals surface area contributed by atoms with E-state index in [9.17, 15) is 14.0 Å². The van der Waals surface area contributed by atoms with Gasteiger partial charge in [-0.3, -0.25) is 9.88 Å². The number of aromatic nitrogens is 1. The Labute approximate surface area is 176 Å². The van der Waals surface area contributed by atoms with Gasteiger partial charge in [-0.05, 0) is 30.2 Å². The standard InChI is InChI=1S/C23H28FN3O3/c1-3-4-5-6-7-13-26-23(30)27(2)19-12-14-25-21(16-19)18-10-8-17(9-11-18)15-20(24)22(28)29/h8-12,14-16H,3-7,13H2,1-2H3,(H,26,30)(H,28,29)/b20-15+. The lowest BCUT2D eigenvalue weighted by Gasteiger charge is -2.18. The van der Waals surface area contributed by atoms with Crippen LogP contribution in [-0.4, -0.2) is 35.7 Å². The summed E-state index contributed by atoms with van der Waals surface area (Å²) in [5, 5.41) is 11.5. The smallest absolute Gasteiger partial charge is 0.364 e. The summed E-state index contributed by atoms with van der Waals surface area (Å²) in [6.07, 6.45) is 8.25. The lowest BCUT2D eigenvalue weighted by molar-refractivity contribution is -0.134. The molecule has 0 saturated heterocycles. The summed E-state index contributed by atoms with van der Waals surface area (Å²) in [7, 11) is 1.70. The number of carboxylic acids is 1. The van der Waals surface area contributed by atoms with Crippen LogP contribution in [0, 0.1) is 0 Å². The van der Waals surface area contributed by atoms with Crippen LogP contribution < -0.4 is 10.2 Å². The molecule has 0 aliphatic heterocycles. The van der Waals surface area contributed by atoms with Crippen molar-refractivity contribution in [2.45, 2.75) is 39.0 Å². The Bertz CT molecular complexity index is 882. The quantitative estimate of drug-likeness (QED) is 0.411. The molecule has 0 unspecified atom stereocenters. The number of halogens is 1. The Balaban J connectivity index is 2.00. The first kappa shape index (κ1) is 23.1. The molecule has 0 spiro atoms. The number of amides is 2. The Morgan fingerprint density at radius 1 is 1.13 bits per heavy atom. The van der Waals surface area contributed by atoms with Crippen molar-refractivity contribution in [2.24, 2.45) is 0 Å². The average Bonchev–Trinajstić information content (AvgIpc) is 2.76. The number of benzene rings is 1. The molecule has 6 nitrogen and oxygen atoms in total. The summed E-state index contributed by atoms with van der Waals surface area (Å²) in [5.74, 6) is -2.82. The van der Waals surface area contributed by atoms with Crippen LogP contribution in [0.4, 0.5) is 14.9 Å². The molecule has 1 heterocycles. The second-order valence-electron chi connectivity index (χ2n) is 7.02. The van der Waals surface area contributed by atoms with Crippen molar-refractivity contribution in [3.8, 4) is 11.3 Å². The summed E-state index contributed by atoms with van der Waals surface area (Å²) >= 11 is 0. The van der Waals surface area contributed by atoms with Gasteiger partial charge in [0.05, 0.1) is 5.69 Å². The SMILES string of the molecule is CCCCCCCNC(=O)N(C)c1ccnc(-c2ccc(/C=C(/F)C(=O)O)cc2)c1. The maximum absolute atomic E-state index is 13.2. The van der Waals surface area contributed by atoms with Gasteiger partial charge in [0.25, 0.3) is 0 Å². The van der Waals surface area contributed by atoms with Crippen LogP contribution in [-0.2, 0) is 4.79 Å². The molecule has 7 heteroatoms. The van der Waals surface area contributed by atoms with Gasteiger partial charge in [0.1, 0.15) is 0 Å². The minimum Gasteiger partial charge on any atom is -0.476 e. The van der Waals surface area contributed by atoms with Crippen molar-refractivity contribution < 1.29 is 19.1 Å². The van der Waals surface area contributed by atoms with E-state index in [0.717, 1.165) is 24.5 Å². The van der Waals surface area contributed by atoms with Crippen molar-refractivity contribution in [1.82, 2.24) is 10.3 Å². The zero-order valence-electron chi connectivity index (χ0n) is 17.4. The zero-order valence-corrected chi connectivity index (χ0v) is 17.4. The summed E-state index contributed by atoms with van der Waals surface area (Å²) < 4.78 is 13.2. The number of unbranched alkanes of at least 4 members (excludes halogenated alkanes) is 4. The van der Waals surface area contributed by atoms with Crippen molar-refractivity contribution in [3.05, 3.63) is 54.0 Å². The number of hydrogen-bond donors (Lipinski definition) is 2. The highest BCUT2D eigenvalue weighted by atomic mass is 19.1. The van der Waals surface area contributed by atoms with E-state index in [4.69, 9.17) is 5.11 Å². The summed E-state index contributed by atoms with van der Waals surface area (Å²) in [6.45, 7) is 2.82. The van der Waals surface area contributed by atoms with Gasteiger partial charge < -0.3 is 10.4 Å². The lowest BCUT2D eigenvalue weighted by Crippen LogP contribution is -2.37. The van der Waals surface area contributed by atoms with E-state index in [2.05, 4.69) is 17.2 Å². The molecule has 2 rings (SSSR count). The highest BCUT2D eigenvalue weighted by Gasteiger charge is 2.12. The number of nitrogens with one attached hydrogen (secondary N) is 1. The van der Waals surface area contributed by atoms with Crippen LogP contribution in [0.25, 0.3) is 17.3 Å². The molecule has 0 atom stereocenters. The normalized spacial score (nSPS) is 11.2. The number of carbonyl (C=O) groups is 2. The lowest BCUT2D eigenvalue weighted by atomic mass is 10.1. The number of pyridine rings is 1. The first-order valence-corrected chi connectivity index (χ1v) is 10.1. The van der Waals surface area contributed by atoms with Gasteiger partial charge in [0, 0.05) is 31.0 Å². The summed E-state index contributed by atoms with van der Waals surface area (Å²) in [5.41, 5.74) is 2.56. The fourth-order valence-electron chi connectivity index (χ4n) is 2.90. The molecule has 1 aromatic carbocycles. The Kier molecular flexibility index (Phi) is 9.00. The molecule has 2 amide bonds. The van der Waals surface area contributed by atoms with Crippen molar-refractivity contribution in [3.63, 3.8) is 0 Å². The second kappa shape index (κ2) is 11.7. The Hall–Kier alpha value is -3.22. The molecule has 1 aromatic heterocycles. The van der Waals surface area contributed by atoms with Crippen LogP contribution in [0.1, 0.15) is 44.6 Å². The van der Waals surface area contributed by atoms with Crippen LogP contribution in [0.15, 0.2) is 48.4 Å². The van der Waals surface area contributed by atoms with E-state index in [-0.39, 0.29) is 6.03 Å². The van der Waals surface area contributed by atoms with Gasteiger partial charge >= 0.3 is 12.0 Å². The molecule has 2 aromatic rings. The topological polar surface area (TPSA) is 82.5 Å². The molecule has 0 aliphatic carbocycles. The van der Waals surface area contributed by atoms with E-state index < -0.39 is 11.8 Å². The van der Waals surface area contributed by atoms with Crippen molar-refractivity contribution in [1.29, 1.82) is 0 Å². The van der Waals surface area contributed by atoms with Crippen LogP contribution in [0.5, 0.6) is 0 Å². The molecule has 2 N–H and O–H groups in total. The van der Waals surface area contributed by atoms with Gasteiger partial charge in [0.15, 0.2) is 0 Å². The zero-order chi connectivity index (χ0) is 21.9. The van der Waals surface area contributed by atoms with Crippen LogP contribution >= 0.6 is 0 Å². The number of urea groups is 1. The molecule has 0 fully saturated rings.